The average Bonchev–Trinajstić information content (AvgIpc) is 2.30. The number of carbonyl (C=O) groups is 1. The van der Waals surface area contributed by atoms with Crippen molar-refractivity contribution in [3.8, 4) is 0 Å². The van der Waals surface area contributed by atoms with Gasteiger partial charge in [-0.05, 0) is 80.5 Å². The molecule has 0 saturated heterocycles. The second-order valence-electron chi connectivity index (χ2n) is 8.18. The summed E-state index contributed by atoms with van der Waals surface area (Å²) in [6, 6.07) is 0. The van der Waals surface area contributed by atoms with Crippen molar-refractivity contribution in [2.75, 3.05) is 0 Å². The SMILES string of the molecule is C[C@H]1CCC(=O)[C@H](C23CC4CC(CC(C4)C2)C3)C1. The highest BCUT2D eigenvalue weighted by atomic mass is 16.1. The largest absolute Gasteiger partial charge is 0.299 e. The molecule has 0 radical (unpaired) electrons. The fourth-order valence-corrected chi connectivity index (χ4v) is 6.41. The van der Waals surface area contributed by atoms with Gasteiger partial charge in [0.1, 0.15) is 5.78 Å². The number of carbonyl (C=O) groups excluding carboxylic acids is 1. The predicted octanol–water partition coefficient (Wildman–Crippen LogP) is 4.21. The molecule has 0 amide bonds. The van der Waals surface area contributed by atoms with Crippen LogP contribution in [-0.4, -0.2) is 5.78 Å². The highest BCUT2D eigenvalue weighted by Crippen LogP contribution is 2.64. The predicted molar refractivity (Wildman–Crippen MR) is 72.1 cm³/mol. The maximum atomic E-state index is 12.5. The Bertz CT molecular complexity index is 335. The highest BCUT2D eigenvalue weighted by Gasteiger charge is 2.56. The standard InChI is InChI=1S/C17H26O/c1-11-2-3-16(18)15(4-11)17-8-12-5-13(9-17)7-14(6-12)10-17/h11-15H,2-10H2,1H3/t11-,12?,13?,14?,15+,17?/m0/s1. The maximum Gasteiger partial charge on any atom is 0.136 e. The number of Topliss-reactive ketones (excluding diaryl/α,β-unsaturated/α-hetero) is 1. The Hall–Kier alpha value is -0.330. The van der Waals surface area contributed by atoms with Gasteiger partial charge in [-0.1, -0.05) is 6.92 Å². The Morgan fingerprint density at radius 3 is 2.06 bits per heavy atom. The van der Waals surface area contributed by atoms with Crippen LogP contribution in [0.3, 0.4) is 0 Å². The van der Waals surface area contributed by atoms with Gasteiger partial charge in [0.05, 0.1) is 0 Å². The van der Waals surface area contributed by atoms with Crippen molar-refractivity contribution < 1.29 is 4.79 Å². The third-order valence-corrected chi connectivity index (χ3v) is 6.74. The number of hydrogen-bond donors (Lipinski definition) is 0. The molecule has 5 aliphatic rings. The lowest BCUT2D eigenvalue weighted by Crippen LogP contribution is -2.52. The van der Waals surface area contributed by atoms with Crippen LogP contribution in [0.4, 0.5) is 0 Å². The molecule has 5 fully saturated rings. The van der Waals surface area contributed by atoms with E-state index in [-0.39, 0.29) is 0 Å². The summed E-state index contributed by atoms with van der Waals surface area (Å²) in [5.41, 5.74) is 0.473. The van der Waals surface area contributed by atoms with Crippen molar-refractivity contribution in [1.82, 2.24) is 0 Å². The van der Waals surface area contributed by atoms with Gasteiger partial charge in [-0.25, -0.2) is 0 Å². The number of hydrogen-bond acceptors (Lipinski definition) is 1. The summed E-state index contributed by atoms with van der Waals surface area (Å²) < 4.78 is 0. The summed E-state index contributed by atoms with van der Waals surface area (Å²) in [4.78, 5) is 12.5. The van der Waals surface area contributed by atoms with Crippen LogP contribution in [0.15, 0.2) is 0 Å². The van der Waals surface area contributed by atoms with Gasteiger partial charge in [0.2, 0.25) is 0 Å². The van der Waals surface area contributed by atoms with Crippen molar-refractivity contribution in [2.45, 2.75) is 64.7 Å². The molecular formula is C17H26O. The molecule has 5 aliphatic carbocycles. The van der Waals surface area contributed by atoms with Crippen molar-refractivity contribution in [3.05, 3.63) is 0 Å². The lowest BCUT2D eigenvalue weighted by molar-refractivity contribution is -0.144. The first-order valence-electron chi connectivity index (χ1n) is 8.17. The fraction of sp³-hybridized carbons (Fsp3) is 0.941. The van der Waals surface area contributed by atoms with Gasteiger partial charge in [0, 0.05) is 12.3 Å². The minimum absolute atomic E-state index is 0.453. The van der Waals surface area contributed by atoms with E-state index in [0.29, 0.717) is 17.1 Å². The zero-order valence-electron chi connectivity index (χ0n) is 11.7. The second-order valence-corrected chi connectivity index (χ2v) is 8.18. The Morgan fingerprint density at radius 1 is 0.944 bits per heavy atom. The van der Waals surface area contributed by atoms with Crippen LogP contribution in [0.5, 0.6) is 0 Å². The van der Waals surface area contributed by atoms with Crippen LogP contribution in [0.1, 0.15) is 64.7 Å². The van der Waals surface area contributed by atoms with Crippen molar-refractivity contribution in [2.24, 2.45) is 35.0 Å². The molecule has 4 bridgehead atoms. The normalized spacial score (nSPS) is 54.9. The maximum absolute atomic E-state index is 12.5. The molecule has 0 heterocycles. The van der Waals surface area contributed by atoms with Crippen molar-refractivity contribution >= 4 is 5.78 Å². The van der Waals surface area contributed by atoms with E-state index in [4.69, 9.17) is 0 Å². The van der Waals surface area contributed by atoms with E-state index in [1.165, 1.54) is 44.9 Å². The molecule has 5 saturated carbocycles. The molecule has 0 aromatic carbocycles. The zero-order valence-corrected chi connectivity index (χ0v) is 11.7. The monoisotopic (exact) mass is 246 g/mol. The topological polar surface area (TPSA) is 17.1 Å². The lowest BCUT2D eigenvalue weighted by Gasteiger charge is -2.60. The summed E-state index contributed by atoms with van der Waals surface area (Å²) in [5.74, 6) is 4.84. The molecule has 2 atom stereocenters. The molecule has 1 nitrogen and oxygen atoms in total. The molecule has 100 valence electrons. The molecule has 0 aromatic rings. The molecule has 5 rings (SSSR count). The minimum atomic E-state index is 0.453. The molecular weight excluding hydrogens is 220 g/mol. The van der Waals surface area contributed by atoms with E-state index >= 15 is 0 Å². The summed E-state index contributed by atoms with van der Waals surface area (Å²) in [6.07, 6.45) is 12.0. The van der Waals surface area contributed by atoms with Crippen LogP contribution < -0.4 is 0 Å². The molecule has 0 aromatic heterocycles. The molecule has 1 heteroatoms. The Kier molecular flexibility index (Phi) is 2.45. The highest BCUT2D eigenvalue weighted by molar-refractivity contribution is 5.82. The number of ketones is 1. The van der Waals surface area contributed by atoms with E-state index in [2.05, 4.69) is 6.92 Å². The van der Waals surface area contributed by atoms with Gasteiger partial charge < -0.3 is 0 Å². The van der Waals surface area contributed by atoms with E-state index in [1.54, 1.807) is 0 Å². The second kappa shape index (κ2) is 3.84. The van der Waals surface area contributed by atoms with E-state index in [1.807, 2.05) is 0 Å². The summed E-state index contributed by atoms with van der Waals surface area (Å²) in [5, 5.41) is 0. The van der Waals surface area contributed by atoms with E-state index < -0.39 is 0 Å². The molecule has 0 spiro atoms. The first kappa shape index (κ1) is 11.5. The van der Waals surface area contributed by atoms with Crippen LogP contribution in [0.25, 0.3) is 0 Å². The van der Waals surface area contributed by atoms with Gasteiger partial charge in [-0.2, -0.15) is 0 Å². The first-order valence-corrected chi connectivity index (χ1v) is 8.17. The van der Waals surface area contributed by atoms with Gasteiger partial charge in [0.25, 0.3) is 0 Å². The Morgan fingerprint density at radius 2 is 1.50 bits per heavy atom. The van der Waals surface area contributed by atoms with E-state index in [9.17, 15) is 4.79 Å². The quantitative estimate of drug-likeness (QED) is 0.677. The third kappa shape index (κ3) is 1.62. The fourth-order valence-electron chi connectivity index (χ4n) is 6.41. The van der Waals surface area contributed by atoms with Crippen LogP contribution >= 0.6 is 0 Å². The lowest BCUT2D eigenvalue weighted by atomic mass is 9.45. The summed E-state index contributed by atoms with van der Waals surface area (Å²) >= 11 is 0. The molecule has 18 heavy (non-hydrogen) atoms. The first-order chi connectivity index (χ1) is 8.64. The van der Waals surface area contributed by atoms with Crippen LogP contribution in [-0.2, 0) is 4.79 Å². The van der Waals surface area contributed by atoms with Gasteiger partial charge in [-0.15, -0.1) is 0 Å². The summed E-state index contributed by atoms with van der Waals surface area (Å²) in [7, 11) is 0. The van der Waals surface area contributed by atoms with Gasteiger partial charge in [0.15, 0.2) is 0 Å². The molecule has 0 aliphatic heterocycles. The van der Waals surface area contributed by atoms with Crippen LogP contribution in [0, 0.1) is 35.0 Å². The van der Waals surface area contributed by atoms with Crippen molar-refractivity contribution in [3.63, 3.8) is 0 Å². The smallest absolute Gasteiger partial charge is 0.136 e. The van der Waals surface area contributed by atoms with Crippen LogP contribution in [0.2, 0.25) is 0 Å². The average molecular weight is 246 g/mol. The Labute approximate surface area is 111 Å². The van der Waals surface area contributed by atoms with E-state index in [0.717, 1.165) is 36.5 Å². The number of rotatable bonds is 1. The zero-order chi connectivity index (χ0) is 12.3. The van der Waals surface area contributed by atoms with Gasteiger partial charge >= 0.3 is 0 Å². The van der Waals surface area contributed by atoms with Gasteiger partial charge in [-0.3, -0.25) is 4.79 Å². The summed E-state index contributed by atoms with van der Waals surface area (Å²) in [6.45, 7) is 2.36. The Balaban J connectivity index is 1.64. The molecule has 0 unspecified atom stereocenters. The van der Waals surface area contributed by atoms with Crippen molar-refractivity contribution in [1.29, 1.82) is 0 Å². The molecule has 0 N–H and O–H groups in total. The minimum Gasteiger partial charge on any atom is -0.299 e. The third-order valence-electron chi connectivity index (χ3n) is 6.74.